The maximum Gasteiger partial charge on any atom is 0.573 e. The lowest BCUT2D eigenvalue weighted by molar-refractivity contribution is -0.276. The molecule has 0 saturated heterocycles. The van der Waals surface area contributed by atoms with Gasteiger partial charge in [-0.15, -0.1) is 13.2 Å². The summed E-state index contributed by atoms with van der Waals surface area (Å²) in [5, 5.41) is 8.86. The van der Waals surface area contributed by atoms with Gasteiger partial charge in [0.2, 0.25) is 0 Å². The molecule has 0 aliphatic carbocycles. The average molecular weight is 341 g/mol. The molecule has 0 unspecified atom stereocenters. The summed E-state index contributed by atoms with van der Waals surface area (Å²) in [5.41, 5.74) is -2.70. The van der Waals surface area contributed by atoms with Gasteiger partial charge < -0.3 is 9.47 Å². The Kier molecular flexibility index (Phi) is 5.47. The first-order chi connectivity index (χ1) is 10.5. The zero-order chi connectivity index (χ0) is 17.8. The van der Waals surface area contributed by atoms with E-state index in [2.05, 4.69) is 9.47 Å². The number of nitriles is 1. The largest absolute Gasteiger partial charge is 0.573 e. The highest BCUT2D eigenvalue weighted by atomic mass is 19.4. The van der Waals surface area contributed by atoms with Crippen molar-refractivity contribution in [2.75, 3.05) is 6.61 Å². The molecule has 0 aromatic heterocycles. The lowest BCUT2D eigenvalue weighted by atomic mass is 10.0. The summed E-state index contributed by atoms with van der Waals surface area (Å²) in [6.45, 7) is 1.42. The van der Waals surface area contributed by atoms with Crippen LogP contribution >= 0.6 is 0 Å². The predicted molar refractivity (Wildman–Crippen MR) is 63.2 cm³/mol. The zero-order valence-corrected chi connectivity index (χ0v) is 11.5. The van der Waals surface area contributed by atoms with Crippen molar-refractivity contribution >= 4 is 5.97 Å². The molecule has 4 nitrogen and oxygen atoms in total. The fraction of sp³-hybridized carbons (Fsp3) is 0.385. The van der Waals surface area contributed by atoms with E-state index >= 15 is 0 Å². The maximum absolute atomic E-state index is 12.9. The minimum atomic E-state index is -5.37. The first-order valence-corrected chi connectivity index (χ1v) is 6.03. The fourth-order valence-electron chi connectivity index (χ4n) is 1.67. The van der Waals surface area contributed by atoms with Crippen LogP contribution in [0.5, 0.6) is 5.75 Å². The van der Waals surface area contributed by atoms with E-state index in [1.54, 1.807) is 0 Å². The van der Waals surface area contributed by atoms with Crippen molar-refractivity contribution in [2.24, 2.45) is 0 Å². The number of hydrogen-bond donors (Lipinski definition) is 0. The summed E-state index contributed by atoms with van der Waals surface area (Å²) < 4.78 is 83.1. The van der Waals surface area contributed by atoms with E-state index < -0.39 is 47.4 Å². The molecule has 0 bridgehead atoms. The first-order valence-electron chi connectivity index (χ1n) is 6.03. The molecule has 0 saturated carbocycles. The normalized spacial score (nSPS) is 11.7. The summed E-state index contributed by atoms with van der Waals surface area (Å²) in [6.07, 6.45) is -11.2. The topological polar surface area (TPSA) is 59.3 Å². The number of nitrogens with zero attached hydrogens (tertiary/aromatic N) is 1. The Morgan fingerprint density at radius 2 is 1.83 bits per heavy atom. The van der Waals surface area contributed by atoms with Crippen LogP contribution in [0.3, 0.4) is 0 Å². The highest BCUT2D eigenvalue weighted by Gasteiger charge is 2.40. The Bertz CT molecular complexity index is 630. The van der Waals surface area contributed by atoms with Crippen LogP contribution in [0.15, 0.2) is 12.1 Å². The number of rotatable bonds is 4. The van der Waals surface area contributed by atoms with Crippen LogP contribution in [0.2, 0.25) is 0 Å². The Hall–Kier alpha value is -2.44. The van der Waals surface area contributed by atoms with E-state index in [4.69, 9.17) is 5.26 Å². The van der Waals surface area contributed by atoms with Gasteiger partial charge in [0.1, 0.15) is 5.75 Å². The number of alkyl halides is 6. The van der Waals surface area contributed by atoms with Crippen LogP contribution in [0.4, 0.5) is 26.3 Å². The highest BCUT2D eigenvalue weighted by molar-refractivity contribution is 5.74. The molecule has 23 heavy (non-hydrogen) atoms. The van der Waals surface area contributed by atoms with Gasteiger partial charge in [-0.1, -0.05) is 0 Å². The minimum Gasteiger partial charge on any atom is -0.466 e. The van der Waals surface area contributed by atoms with E-state index in [9.17, 15) is 31.1 Å². The maximum atomic E-state index is 12.9. The molecule has 126 valence electrons. The molecule has 0 atom stereocenters. The van der Waals surface area contributed by atoms with Crippen molar-refractivity contribution in [1.82, 2.24) is 0 Å². The van der Waals surface area contributed by atoms with E-state index in [0.29, 0.717) is 6.07 Å². The summed E-state index contributed by atoms with van der Waals surface area (Å²) in [6, 6.07) is 2.00. The molecule has 1 rings (SSSR count). The number of esters is 1. The van der Waals surface area contributed by atoms with Gasteiger partial charge in [0.05, 0.1) is 30.2 Å². The van der Waals surface area contributed by atoms with Crippen molar-refractivity contribution in [1.29, 1.82) is 5.26 Å². The molecule has 0 aliphatic heterocycles. The molecule has 0 spiro atoms. The molecule has 0 heterocycles. The van der Waals surface area contributed by atoms with Gasteiger partial charge in [-0.2, -0.15) is 18.4 Å². The molecule has 1 aromatic carbocycles. The predicted octanol–water partition coefficient (Wildman–Crippen LogP) is 3.58. The van der Waals surface area contributed by atoms with Gasteiger partial charge in [-0.25, -0.2) is 0 Å². The molecule has 0 fully saturated rings. The summed E-state index contributed by atoms with van der Waals surface area (Å²) in [5.74, 6) is -2.48. The number of ether oxygens (including phenoxy) is 2. The quantitative estimate of drug-likeness (QED) is 0.620. The third-order valence-corrected chi connectivity index (χ3v) is 2.50. The number of hydrogen-bond acceptors (Lipinski definition) is 4. The summed E-state index contributed by atoms with van der Waals surface area (Å²) in [4.78, 5) is 11.3. The summed E-state index contributed by atoms with van der Waals surface area (Å²) >= 11 is 0. The van der Waals surface area contributed by atoms with Crippen molar-refractivity contribution in [3.63, 3.8) is 0 Å². The second kappa shape index (κ2) is 6.76. The van der Waals surface area contributed by atoms with Crippen LogP contribution in [0.1, 0.15) is 23.6 Å². The number of benzene rings is 1. The molecular weight excluding hydrogens is 332 g/mol. The summed E-state index contributed by atoms with van der Waals surface area (Å²) in [7, 11) is 0. The van der Waals surface area contributed by atoms with Gasteiger partial charge in [0, 0.05) is 0 Å². The molecular formula is C13H9F6NO3. The van der Waals surface area contributed by atoms with E-state index in [-0.39, 0.29) is 12.7 Å². The molecule has 10 heteroatoms. The first kappa shape index (κ1) is 18.6. The highest BCUT2D eigenvalue weighted by Crippen LogP contribution is 2.40. The van der Waals surface area contributed by atoms with Crippen molar-refractivity contribution in [2.45, 2.75) is 25.9 Å². The lowest BCUT2D eigenvalue weighted by Crippen LogP contribution is -2.21. The molecule has 0 radical (unpaired) electrons. The van der Waals surface area contributed by atoms with Gasteiger partial charge >= 0.3 is 18.5 Å². The molecule has 1 aromatic rings. The van der Waals surface area contributed by atoms with Gasteiger partial charge in [0.15, 0.2) is 0 Å². The third kappa shape index (κ3) is 5.36. The number of carbonyl (C=O) groups excluding carboxylic acids is 1. The van der Waals surface area contributed by atoms with Crippen LogP contribution in [-0.2, 0) is 22.1 Å². The minimum absolute atomic E-state index is 0.0396. The Morgan fingerprint density at radius 3 is 2.26 bits per heavy atom. The lowest BCUT2D eigenvalue weighted by Gasteiger charge is -2.17. The standard InChI is InChI=1S/C13H9F6NO3/c1-2-22-11(21)5-7-3-9(12(14,15)16)10(4-8(7)6-20)23-13(17,18)19/h3-4H,2,5H2,1H3. The van der Waals surface area contributed by atoms with Gasteiger partial charge in [-0.3, -0.25) is 4.79 Å². The van der Waals surface area contributed by atoms with Crippen LogP contribution in [0, 0.1) is 11.3 Å². The fourth-order valence-corrected chi connectivity index (χ4v) is 1.67. The van der Waals surface area contributed by atoms with Crippen molar-refractivity contribution in [3.8, 4) is 11.8 Å². The van der Waals surface area contributed by atoms with E-state index in [1.165, 1.54) is 13.0 Å². The monoisotopic (exact) mass is 341 g/mol. The Labute approximate surface area is 126 Å². The van der Waals surface area contributed by atoms with E-state index in [0.717, 1.165) is 0 Å². The smallest absolute Gasteiger partial charge is 0.466 e. The third-order valence-electron chi connectivity index (χ3n) is 2.50. The van der Waals surface area contributed by atoms with Crippen molar-refractivity contribution in [3.05, 3.63) is 28.8 Å². The number of halogens is 6. The zero-order valence-electron chi connectivity index (χ0n) is 11.5. The van der Waals surface area contributed by atoms with Crippen molar-refractivity contribution < 1.29 is 40.6 Å². The van der Waals surface area contributed by atoms with Gasteiger partial charge in [0.25, 0.3) is 0 Å². The second-order valence-electron chi connectivity index (χ2n) is 4.14. The number of carbonyl (C=O) groups is 1. The molecule has 0 amide bonds. The van der Waals surface area contributed by atoms with Gasteiger partial charge in [-0.05, 0) is 24.6 Å². The van der Waals surface area contributed by atoms with Crippen LogP contribution in [-0.4, -0.2) is 18.9 Å². The Balaban J connectivity index is 3.40. The van der Waals surface area contributed by atoms with Crippen LogP contribution in [0.25, 0.3) is 0 Å². The Morgan fingerprint density at radius 1 is 1.22 bits per heavy atom. The van der Waals surface area contributed by atoms with Crippen LogP contribution < -0.4 is 4.74 Å². The second-order valence-corrected chi connectivity index (χ2v) is 4.14. The molecule has 0 aliphatic rings. The average Bonchev–Trinajstić information content (AvgIpc) is 2.37. The SMILES string of the molecule is CCOC(=O)Cc1cc(C(F)(F)F)c(OC(F)(F)F)cc1C#N. The molecule has 0 N–H and O–H groups in total. The van der Waals surface area contributed by atoms with E-state index in [1.807, 2.05) is 0 Å².